The summed E-state index contributed by atoms with van der Waals surface area (Å²) in [5, 5.41) is 12.0. The molecule has 174 valence electrons. The summed E-state index contributed by atoms with van der Waals surface area (Å²) in [6.45, 7) is 9.63. The average Bonchev–Trinajstić information content (AvgIpc) is 3.45. The van der Waals surface area contributed by atoms with Crippen molar-refractivity contribution in [1.82, 2.24) is 4.57 Å². The number of carbonyl (C=O) groups excluding carboxylic acids is 1. The molecule has 1 amide bonds. The molecule has 0 saturated heterocycles. The zero-order valence-electron chi connectivity index (χ0n) is 19.9. The molecule has 1 aliphatic rings. The number of hydrogen-bond acceptors (Lipinski definition) is 4. The van der Waals surface area contributed by atoms with E-state index in [-0.39, 0.29) is 11.5 Å². The molecule has 2 N–H and O–H groups in total. The van der Waals surface area contributed by atoms with E-state index in [1.54, 1.807) is 0 Å². The van der Waals surface area contributed by atoms with Crippen molar-refractivity contribution in [3.8, 4) is 17.0 Å². The van der Waals surface area contributed by atoms with Gasteiger partial charge >= 0.3 is 6.09 Å². The monoisotopic (exact) mass is 447 g/mol. The van der Waals surface area contributed by atoms with Gasteiger partial charge in [-0.3, -0.25) is 5.32 Å². The van der Waals surface area contributed by atoms with Gasteiger partial charge in [0.25, 0.3) is 0 Å². The number of rotatable bonds is 9. The van der Waals surface area contributed by atoms with E-state index < -0.39 is 6.09 Å². The Bertz CT molecular complexity index is 1160. The molecule has 6 nitrogen and oxygen atoms in total. The molecule has 3 aromatic rings. The van der Waals surface area contributed by atoms with Gasteiger partial charge in [-0.2, -0.15) is 0 Å². The molecule has 4 rings (SSSR count). The molecule has 0 aliphatic heterocycles. The Hall–Kier alpha value is -3.28. The zero-order valence-corrected chi connectivity index (χ0v) is 19.9. The number of aromatic nitrogens is 1. The number of nitrogens with one attached hydrogen (secondary N) is 2. The Kier molecular flexibility index (Phi) is 6.45. The number of fused-ring (bicyclic) bond motifs is 1. The average molecular weight is 448 g/mol. The predicted octanol–water partition coefficient (Wildman–Crippen LogP) is 7.02. The van der Waals surface area contributed by atoms with Gasteiger partial charge in [0, 0.05) is 40.4 Å². The van der Waals surface area contributed by atoms with Gasteiger partial charge in [0.15, 0.2) is 0 Å². The van der Waals surface area contributed by atoms with Gasteiger partial charge in [-0.15, -0.1) is 0 Å². The maximum absolute atomic E-state index is 12.1. The molecule has 1 aromatic heterocycles. The number of benzene rings is 2. The first-order valence-corrected chi connectivity index (χ1v) is 11.7. The van der Waals surface area contributed by atoms with E-state index in [0.29, 0.717) is 18.9 Å². The second kappa shape index (κ2) is 9.30. The maximum atomic E-state index is 12.1. The Morgan fingerprint density at radius 2 is 1.94 bits per heavy atom. The lowest BCUT2D eigenvalue weighted by Crippen LogP contribution is -2.18. The Morgan fingerprint density at radius 3 is 2.55 bits per heavy atom. The van der Waals surface area contributed by atoms with Crippen molar-refractivity contribution >= 4 is 28.9 Å². The minimum absolute atomic E-state index is 0.163. The van der Waals surface area contributed by atoms with E-state index in [1.165, 1.54) is 6.21 Å². The van der Waals surface area contributed by atoms with Crippen molar-refractivity contribution in [1.29, 1.82) is 5.41 Å². The highest BCUT2D eigenvalue weighted by molar-refractivity contribution is 6.06. The summed E-state index contributed by atoms with van der Waals surface area (Å²) in [5.41, 5.74) is 4.74. The van der Waals surface area contributed by atoms with Gasteiger partial charge < -0.3 is 19.5 Å². The van der Waals surface area contributed by atoms with E-state index >= 15 is 0 Å². The summed E-state index contributed by atoms with van der Waals surface area (Å²) >= 11 is 0. The van der Waals surface area contributed by atoms with Crippen LogP contribution < -0.4 is 10.1 Å². The van der Waals surface area contributed by atoms with Crippen LogP contribution in [0.1, 0.15) is 58.6 Å². The summed E-state index contributed by atoms with van der Waals surface area (Å²) < 4.78 is 13.5. The molecular formula is C27H33N3O3. The van der Waals surface area contributed by atoms with Crippen LogP contribution in [0.3, 0.4) is 0 Å². The second-order valence-electron chi connectivity index (χ2n) is 9.49. The molecule has 1 fully saturated rings. The number of amides is 1. The quantitative estimate of drug-likeness (QED) is 0.346. The van der Waals surface area contributed by atoms with Crippen LogP contribution in [0.4, 0.5) is 10.5 Å². The Labute approximate surface area is 195 Å². The summed E-state index contributed by atoms with van der Waals surface area (Å²) in [6.07, 6.45) is 4.17. The van der Waals surface area contributed by atoms with Crippen molar-refractivity contribution in [2.75, 3.05) is 18.5 Å². The summed E-state index contributed by atoms with van der Waals surface area (Å²) in [7, 11) is 0. The first-order valence-electron chi connectivity index (χ1n) is 11.7. The van der Waals surface area contributed by atoms with Gasteiger partial charge in [0.05, 0.1) is 24.4 Å². The van der Waals surface area contributed by atoms with Crippen LogP contribution in [0.2, 0.25) is 0 Å². The smallest absolute Gasteiger partial charge is 0.411 e. The lowest BCUT2D eigenvalue weighted by Gasteiger charge is -2.16. The van der Waals surface area contributed by atoms with E-state index in [4.69, 9.17) is 14.9 Å². The van der Waals surface area contributed by atoms with E-state index in [1.807, 2.05) is 36.4 Å². The fourth-order valence-electron chi connectivity index (χ4n) is 4.07. The molecule has 1 saturated carbocycles. The fraction of sp³-hybridized carbons (Fsp3) is 0.407. The summed E-state index contributed by atoms with van der Waals surface area (Å²) in [6, 6.07) is 14.0. The van der Waals surface area contributed by atoms with Crippen LogP contribution in [0.5, 0.6) is 5.75 Å². The highest BCUT2D eigenvalue weighted by Gasteiger charge is 2.38. The number of hydrogen-bond donors (Lipinski definition) is 2. The van der Waals surface area contributed by atoms with Crippen LogP contribution in [0, 0.1) is 10.8 Å². The van der Waals surface area contributed by atoms with Crippen molar-refractivity contribution < 1.29 is 14.3 Å². The number of nitrogens with zero attached hydrogens (tertiary/aromatic N) is 1. The van der Waals surface area contributed by atoms with Crippen LogP contribution in [-0.4, -0.2) is 30.1 Å². The number of anilines is 1. The second-order valence-corrected chi connectivity index (χ2v) is 9.49. The minimum atomic E-state index is -0.424. The third kappa shape index (κ3) is 4.90. The van der Waals surface area contributed by atoms with E-state index in [9.17, 15) is 4.79 Å². The van der Waals surface area contributed by atoms with Crippen molar-refractivity contribution in [2.24, 2.45) is 5.41 Å². The Balaban J connectivity index is 1.64. The molecule has 6 heteroatoms. The molecule has 1 aliphatic carbocycles. The molecule has 33 heavy (non-hydrogen) atoms. The van der Waals surface area contributed by atoms with Gasteiger partial charge in [-0.05, 0) is 62.9 Å². The lowest BCUT2D eigenvalue weighted by molar-refractivity contribution is 0.139. The molecule has 0 radical (unpaired) electrons. The molecule has 1 heterocycles. The maximum Gasteiger partial charge on any atom is 0.411 e. The predicted molar refractivity (Wildman–Crippen MR) is 134 cm³/mol. The summed E-state index contributed by atoms with van der Waals surface area (Å²) in [5.74, 6) is 0.838. The van der Waals surface area contributed by atoms with Crippen LogP contribution in [0.15, 0.2) is 42.5 Å². The molecular weight excluding hydrogens is 414 g/mol. The van der Waals surface area contributed by atoms with Crippen molar-refractivity contribution in [3.63, 3.8) is 0 Å². The van der Waals surface area contributed by atoms with Crippen molar-refractivity contribution in [2.45, 2.75) is 53.0 Å². The third-order valence-electron chi connectivity index (χ3n) is 6.21. The third-order valence-corrected chi connectivity index (χ3v) is 6.21. The van der Waals surface area contributed by atoms with Crippen LogP contribution in [0.25, 0.3) is 22.2 Å². The fourth-order valence-corrected chi connectivity index (χ4v) is 4.07. The molecule has 0 spiro atoms. The van der Waals surface area contributed by atoms with Crippen LogP contribution >= 0.6 is 0 Å². The minimum Gasteiger partial charge on any atom is -0.494 e. The highest BCUT2D eigenvalue weighted by atomic mass is 16.5. The first kappa shape index (κ1) is 22.9. The lowest BCUT2D eigenvalue weighted by atomic mass is 10.1. The van der Waals surface area contributed by atoms with Gasteiger partial charge in [-0.1, -0.05) is 26.0 Å². The van der Waals surface area contributed by atoms with E-state index in [2.05, 4.69) is 43.6 Å². The standard InChI is InChI=1S/C27H33N3O3/c1-5-14-32-21-10-11-22-23(16-28)25(30(18(2)3)24(22)15-21)19-6-8-20(9-7-19)29-26(31)33-17-27(4)12-13-27/h6-11,15-16,18,28H,5,12-14,17H2,1-4H3,(H,29,31). The molecule has 2 aromatic carbocycles. The number of carbonyl (C=O) groups is 1. The topological polar surface area (TPSA) is 76.3 Å². The van der Waals surface area contributed by atoms with Gasteiger partial charge in [0.2, 0.25) is 0 Å². The first-order chi connectivity index (χ1) is 15.8. The molecule has 0 atom stereocenters. The van der Waals surface area contributed by atoms with Gasteiger partial charge in [0.1, 0.15) is 5.75 Å². The highest BCUT2D eigenvalue weighted by Crippen LogP contribution is 2.45. The van der Waals surface area contributed by atoms with E-state index in [0.717, 1.165) is 52.7 Å². The SMILES string of the molecule is CCCOc1ccc2c(C=N)c(-c3ccc(NC(=O)OCC4(C)CC4)cc3)n(C(C)C)c2c1. The van der Waals surface area contributed by atoms with Crippen molar-refractivity contribution in [3.05, 3.63) is 48.0 Å². The van der Waals surface area contributed by atoms with Gasteiger partial charge in [-0.25, -0.2) is 4.79 Å². The normalized spacial score (nSPS) is 14.3. The summed E-state index contributed by atoms with van der Waals surface area (Å²) in [4.78, 5) is 12.1. The zero-order chi connectivity index (χ0) is 23.6. The van der Waals surface area contributed by atoms with Crippen LogP contribution in [-0.2, 0) is 4.74 Å². The number of ether oxygens (including phenoxy) is 2. The largest absolute Gasteiger partial charge is 0.494 e. The molecule has 0 bridgehead atoms. The molecule has 0 unspecified atom stereocenters. The Morgan fingerprint density at radius 1 is 1.21 bits per heavy atom.